The number of pyridine rings is 1. The molecule has 39 heavy (non-hydrogen) atoms. The maximum atomic E-state index is 14.2. The van der Waals surface area contributed by atoms with E-state index in [0.29, 0.717) is 25.4 Å². The number of aromatic nitrogens is 1. The van der Waals surface area contributed by atoms with Crippen molar-refractivity contribution in [3.8, 4) is 5.75 Å². The molecule has 3 aliphatic rings. The first kappa shape index (κ1) is 25.7. The Morgan fingerprint density at radius 1 is 0.923 bits per heavy atom. The van der Waals surface area contributed by atoms with Gasteiger partial charge in [-0.15, -0.1) is 0 Å². The maximum absolute atomic E-state index is 14.2. The highest BCUT2D eigenvalue weighted by Crippen LogP contribution is 2.41. The van der Waals surface area contributed by atoms with Crippen LogP contribution in [-0.4, -0.2) is 77.0 Å². The molecule has 0 radical (unpaired) electrons. The lowest BCUT2D eigenvalue weighted by Crippen LogP contribution is -2.67. The average Bonchev–Trinajstić information content (AvgIpc) is 2.94. The van der Waals surface area contributed by atoms with Crippen LogP contribution in [0.1, 0.15) is 23.6 Å². The number of fused-ring (bicyclic) bond motifs is 5. The first-order valence-corrected chi connectivity index (χ1v) is 13.7. The van der Waals surface area contributed by atoms with Crippen molar-refractivity contribution in [3.05, 3.63) is 76.2 Å². The minimum absolute atomic E-state index is 0.0320. The van der Waals surface area contributed by atoms with Crippen LogP contribution < -0.4 is 10.3 Å². The van der Waals surface area contributed by atoms with E-state index >= 15 is 0 Å². The van der Waals surface area contributed by atoms with Crippen LogP contribution in [0.3, 0.4) is 0 Å². The summed E-state index contributed by atoms with van der Waals surface area (Å²) in [6.07, 6.45) is 1.18. The van der Waals surface area contributed by atoms with Gasteiger partial charge in [0.1, 0.15) is 11.2 Å². The Labute approximate surface area is 232 Å². The fourth-order valence-corrected chi connectivity index (χ4v) is 7.14. The smallest absolute Gasteiger partial charge is 0.250 e. The summed E-state index contributed by atoms with van der Waals surface area (Å²) in [5, 5.41) is 2.18. The number of piperidine rings is 1. The molecule has 3 aliphatic heterocycles. The molecule has 2 bridgehead atoms. The van der Waals surface area contributed by atoms with Gasteiger partial charge >= 0.3 is 0 Å². The van der Waals surface area contributed by atoms with Gasteiger partial charge in [-0.2, -0.15) is 0 Å². The summed E-state index contributed by atoms with van der Waals surface area (Å²) in [7, 11) is 4.91. The van der Waals surface area contributed by atoms with Gasteiger partial charge in [0.2, 0.25) is 11.8 Å². The molecule has 2 aromatic carbocycles. The molecule has 3 aromatic rings. The van der Waals surface area contributed by atoms with Crippen LogP contribution in [0, 0.1) is 11.3 Å². The first-order valence-electron chi connectivity index (χ1n) is 13.3. The molecular weight excluding hydrogens is 512 g/mol. The van der Waals surface area contributed by atoms with E-state index in [1.165, 1.54) is 9.80 Å². The van der Waals surface area contributed by atoms with Crippen LogP contribution in [0.2, 0.25) is 0 Å². The van der Waals surface area contributed by atoms with Crippen molar-refractivity contribution in [1.29, 1.82) is 0 Å². The Hall–Kier alpha value is -3.56. The van der Waals surface area contributed by atoms with E-state index in [1.807, 2.05) is 53.1 Å². The Kier molecular flexibility index (Phi) is 6.31. The van der Waals surface area contributed by atoms with Crippen LogP contribution in [0.15, 0.2) is 59.4 Å². The minimum Gasteiger partial charge on any atom is -0.496 e. The van der Waals surface area contributed by atoms with Crippen molar-refractivity contribution in [2.45, 2.75) is 25.3 Å². The Morgan fingerprint density at radius 3 is 2.41 bits per heavy atom. The first-order chi connectivity index (χ1) is 18.7. The van der Waals surface area contributed by atoms with Crippen molar-refractivity contribution in [2.24, 2.45) is 11.3 Å². The summed E-state index contributed by atoms with van der Waals surface area (Å²) < 4.78 is 7.66. The minimum atomic E-state index is -1.38. The van der Waals surface area contributed by atoms with Crippen molar-refractivity contribution < 1.29 is 14.3 Å². The van der Waals surface area contributed by atoms with E-state index in [2.05, 4.69) is 4.90 Å². The molecule has 202 valence electrons. The number of amides is 2. The second kappa shape index (κ2) is 9.57. The molecular formula is C30H32N4O4S. The topological polar surface area (TPSA) is 75.1 Å². The number of hydrogen-bond acceptors (Lipinski definition) is 6. The van der Waals surface area contributed by atoms with Crippen LogP contribution >= 0.6 is 12.2 Å². The highest BCUT2D eigenvalue weighted by Gasteiger charge is 2.56. The van der Waals surface area contributed by atoms with E-state index in [4.69, 9.17) is 17.0 Å². The van der Waals surface area contributed by atoms with Gasteiger partial charge in [-0.3, -0.25) is 24.2 Å². The fourth-order valence-electron chi connectivity index (χ4n) is 6.97. The molecule has 0 spiro atoms. The van der Waals surface area contributed by atoms with Gasteiger partial charge in [0.25, 0.3) is 5.56 Å². The highest BCUT2D eigenvalue weighted by atomic mass is 32.1. The molecule has 0 N–H and O–H groups in total. The number of thiocarbonyl (C=S) groups is 1. The zero-order valence-electron chi connectivity index (χ0n) is 22.4. The number of ether oxygens (including phenoxy) is 1. The third kappa shape index (κ3) is 4.06. The quantitative estimate of drug-likeness (QED) is 0.363. The van der Waals surface area contributed by atoms with Crippen LogP contribution in [-0.2, 0) is 22.6 Å². The Bertz CT molecular complexity index is 1540. The number of carbonyl (C=O) groups is 2. The van der Waals surface area contributed by atoms with Gasteiger partial charge in [-0.1, -0.05) is 36.4 Å². The molecule has 1 aromatic heterocycles. The average molecular weight is 545 g/mol. The zero-order valence-corrected chi connectivity index (χ0v) is 23.2. The van der Waals surface area contributed by atoms with Gasteiger partial charge in [0.05, 0.1) is 7.11 Å². The number of benzene rings is 2. The van der Waals surface area contributed by atoms with E-state index in [-0.39, 0.29) is 47.3 Å². The summed E-state index contributed by atoms with van der Waals surface area (Å²) in [5.74, 6) is 0.499. The van der Waals surface area contributed by atoms with E-state index in [0.717, 1.165) is 28.5 Å². The van der Waals surface area contributed by atoms with Crippen LogP contribution in [0.5, 0.6) is 5.75 Å². The van der Waals surface area contributed by atoms with Crippen LogP contribution in [0.25, 0.3) is 10.8 Å². The summed E-state index contributed by atoms with van der Waals surface area (Å²) in [4.78, 5) is 46.0. The predicted octanol–water partition coefficient (Wildman–Crippen LogP) is 2.87. The molecule has 0 unspecified atom stereocenters. The number of rotatable bonds is 5. The zero-order chi connectivity index (χ0) is 27.5. The largest absolute Gasteiger partial charge is 0.496 e. The monoisotopic (exact) mass is 544 g/mol. The summed E-state index contributed by atoms with van der Waals surface area (Å²) in [5.41, 5.74) is 0.515. The van der Waals surface area contributed by atoms with Crippen molar-refractivity contribution in [3.63, 3.8) is 0 Å². The number of nitrogens with zero attached hydrogens (tertiary/aromatic N) is 4. The normalized spacial score (nSPS) is 22.8. The highest BCUT2D eigenvalue weighted by molar-refractivity contribution is 7.80. The number of likely N-dealkylation sites (tertiary alicyclic amines) is 1. The summed E-state index contributed by atoms with van der Waals surface area (Å²) in [6, 6.07) is 17.3. The molecule has 2 saturated heterocycles. The lowest BCUT2D eigenvalue weighted by atomic mass is 9.74. The van der Waals surface area contributed by atoms with Gasteiger partial charge in [0.15, 0.2) is 5.11 Å². The lowest BCUT2D eigenvalue weighted by molar-refractivity contribution is -0.157. The molecule has 0 saturated carbocycles. The number of methoxy groups -OCH3 is 1. The molecule has 2 atom stereocenters. The molecule has 2 amide bonds. The van der Waals surface area contributed by atoms with E-state index in [9.17, 15) is 14.4 Å². The second-order valence-corrected chi connectivity index (χ2v) is 11.5. The van der Waals surface area contributed by atoms with Gasteiger partial charge < -0.3 is 14.2 Å². The third-order valence-corrected chi connectivity index (χ3v) is 9.29. The standard InChI is InChI=1S/C30H32N4O4S/c1-31-27(36)30(28(37)32(2)29(31)39,14-23-22-8-5-4-7-20(22)11-12-25(23)38-3)18-33-15-19-13-21(17-33)24-9-6-10-26(35)34(24)16-19/h4-12,19,21H,13-18H2,1-3H3/t19-,21-/m0/s1. The Morgan fingerprint density at radius 2 is 1.67 bits per heavy atom. The fraction of sp³-hybridized carbons (Fsp3) is 0.400. The SMILES string of the molecule is COc1ccc2ccccc2c1CC1(CN2C[C@@H]3C[C@@H](C2)c2cccc(=O)n2C3)C(=O)N(C)C(=S)N(C)C1=O. The summed E-state index contributed by atoms with van der Waals surface area (Å²) in [6.45, 7) is 2.30. The van der Waals surface area contributed by atoms with Gasteiger partial charge in [-0.25, -0.2) is 0 Å². The molecule has 4 heterocycles. The molecule has 2 fully saturated rings. The summed E-state index contributed by atoms with van der Waals surface area (Å²) >= 11 is 5.46. The molecule has 6 rings (SSSR count). The molecule has 9 heteroatoms. The molecule has 0 aliphatic carbocycles. The van der Waals surface area contributed by atoms with Crippen molar-refractivity contribution >= 4 is 39.9 Å². The lowest BCUT2D eigenvalue weighted by Gasteiger charge is -2.49. The second-order valence-electron chi connectivity index (χ2n) is 11.1. The van der Waals surface area contributed by atoms with Gasteiger partial charge in [-0.05, 0) is 47.5 Å². The third-order valence-electron chi connectivity index (χ3n) is 8.75. The Balaban J connectivity index is 1.44. The maximum Gasteiger partial charge on any atom is 0.250 e. The number of carbonyl (C=O) groups excluding carboxylic acids is 2. The predicted molar refractivity (Wildman–Crippen MR) is 153 cm³/mol. The van der Waals surface area contributed by atoms with E-state index < -0.39 is 5.41 Å². The van der Waals surface area contributed by atoms with Crippen molar-refractivity contribution in [2.75, 3.05) is 40.8 Å². The van der Waals surface area contributed by atoms with Gasteiger partial charge in [0, 0.05) is 69.9 Å². The van der Waals surface area contributed by atoms with E-state index in [1.54, 1.807) is 27.3 Å². The molecule has 8 nitrogen and oxygen atoms in total. The van der Waals surface area contributed by atoms with Crippen LogP contribution in [0.4, 0.5) is 0 Å². The number of hydrogen-bond donors (Lipinski definition) is 0. The van der Waals surface area contributed by atoms with Crippen molar-refractivity contribution in [1.82, 2.24) is 19.3 Å².